The molecule has 0 heterocycles. The number of ketones is 1. The van der Waals surface area contributed by atoms with Crippen LogP contribution in [-0.2, 0) is 10.2 Å². The maximum absolute atomic E-state index is 11.6. The van der Waals surface area contributed by atoms with E-state index >= 15 is 0 Å². The zero-order chi connectivity index (χ0) is 10.6. The minimum absolute atomic E-state index is 0.184. The molecule has 1 heteroatoms. The molecule has 0 saturated heterocycles. The Bertz CT molecular complexity index is 326. The Balaban J connectivity index is 3.12. The lowest BCUT2D eigenvalue weighted by Gasteiger charge is -2.25. The predicted molar refractivity (Wildman–Crippen MR) is 59.3 cm³/mol. The van der Waals surface area contributed by atoms with Gasteiger partial charge in [0.25, 0.3) is 0 Å². The van der Waals surface area contributed by atoms with E-state index in [1.165, 1.54) is 0 Å². The molecule has 0 bridgehead atoms. The summed E-state index contributed by atoms with van der Waals surface area (Å²) in [5, 5.41) is 0. The Hall–Kier alpha value is -1.37. The van der Waals surface area contributed by atoms with Gasteiger partial charge in [-0.15, -0.1) is 6.58 Å². The van der Waals surface area contributed by atoms with Gasteiger partial charge in [0.15, 0.2) is 0 Å². The molecule has 0 amide bonds. The van der Waals surface area contributed by atoms with Crippen LogP contribution in [0, 0.1) is 0 Å². The fraction of sp³-hybridized carbons (Fsp3) is 0.308. The van der Waals surface area contributed by atoms with Crippen LogP contribution < -0.4 is 0 Å². The molecule has 1 aromatic rings. The Labute approximate surface area is 85.5 Å². The van der Waals surface area contributed by atoms with Crippen LogP contribution in [0.5, 0.6) is 0 Å². The van der Waals surface area contributed by atoms with E-state index in [1.807, 2.05) is 37.3 Å². The Morgan fingerprint density at radius 2 is 2.00 bits per heavy atom. The van der Waals surface area contributed by atoms with Crippen LogP contribution in [0.25, 0.3) is 0 Å². The third-order valence-corrected chi connectivity index (χ3v) is 2.74. The Kier molecular flexibility index (Phi) is 3.23. The van der Waals surface area contributed by atoms with Crippen LogP contribution in [-0.4, -0.2) is 5.78 Å². The molecule has 0 aliphatic rings. The average molecular weight is 188 g/mol. The van der Waals surface area contributed by atoms with E-state index in [9.17, 15) is 4.79 Å². The molecule has 0 aromatic heterocycles. The molecule has 14 heavy (non-hydrogen) atoms. The van der Waals surface area contributed by atoms with Crippen molar-refractivity contribution in [2.24, 2.45) is 0 Å². The molecule has 0 aliphatic carbocycles. The van der Waals surface area contributed by atoms with Gasteiger partial charge in [0, 0.05) is 0 Å². The number of hydrogen-bond acceptors (Lipinski definition) is 1. The zero-order valence-electron chi connectivity index (χ0n) is 8.79. The number of carbonyl (C=O) groups is 1. The van der Waals surface area contributed by atoms with Gasteiger partial charge in [0.05, 0.1) is 5.41 Å². The second kappa shape index (κ2) is 4.23. The minimum atomic E-state index is -0.414. The third-order valence-electron chi connectivity index (χ3n) is 2.74. The molecule has 0 spiro atoms. The van der Waals surface area contributed by atoms with Crippen LogP contribution in [0.1, 0.15) is 25.8 Å². The van der Waals surface area contributed by atoms with Crippen molar-refractivity contribution in [3.8, 4) is 0 Å². The molecule has 0 fully saturated rings. The van der Waals surface area contributed by atoms with Gasteiger partial charge in [-0.05, 0) is 25.8 Å². The number of rotatable bonds is 4. The second-order valence-electron chi connectivity index (χ2n) is 3.75. The van der Waals surface area contributed by atoms with Crippen molar-refractivity contribution in [2.45, 2.75) is 25.7 Å². The van der Waals surface area contributed by atoms with Crippen molar-refractivity contribution in [3.63, 3.8) is 0 Å². The quantitative estimate of drug-likeness (QED) is 0.663. The molecule has 0 saturated carbocycles. The smallest absolute Gasteiger partial charge is 0.140 e. The summed E-state index contributed by atoms with van der Waals surface area (Å²) in [7, 11) is 0. The molecule has 1 aromatic carbocycles. The molecule has 74 valence electrons. The summed E-state index contributed by atoms with van der Waals surface area (Å²) in [6.07, 6.45) is 2.49. The van der Waals surface area contributed by atoms with E-state index in [0.717, 1.165) is 5.56 Å². The van der Waals surface area contributed by atoms with Crippen LogP contribution in [0.3, 0.4) is 0 Å². The second-order valence-corrected chi connectivity index (χ2v) is 3.75. The van der Waals surface area contributed by atoms with Crippen molar-refractivity contribution < 1.29 is 4.79 Å². The topological polar surface area (TPSA) is 17.1 Å². The fourth-order valence-corrected chi connectivity index (χ4v) is 1.56. The van der Waals surface area contributed by atoms with Crippen LogP contribution >= 0.6 is 0 Å². The largest absolute Gasteiger partial charge is 0.299 e. The summed E-state index contributed by atoms with van der Waals surface area (Å²) >= 11 is 0. The van der Waals surface area contributed by atoms with Crippen molar-refractivity contribution >= 4 is 5.78 Å². The molecule has 0 N–H and O–H groups in total. The molecule has 0 aliphatic heterocycles. The SMILES string of the molecule is C=CC[C@@](C)(C(C)=O)c1ccccc1. The summed E-state index contributed by atoms with van der Waals surface area (Å²) in [6, 6.07) is 9.85. The van der Waals surface area contributed by atoms with Crippen LogP contribution in [0.4, 0.5) is 0 Å². The van der Waals surface area contributed by atoms with Gasteiger partial charge < -0.3 is 0 Å². The molecule has 0 radical (unpaired) electrons. The Morgan fingerprint density at radius 1 is 1.43 bits per heavy atom. The number of Topliss-reactive ketones (excluding diaryl/α,β-unsaturated/α-hetero) is 1. The number of allylic oxidation sites excluding steroid dienone is 1. The lowest BCUT2D eigenvalue weighted by molar-refractivity contribution is -0.121. The first kappa shape index (κ1) is 10.7. The number of hydrogen-bond donors (Lipinski definition) is 0. The van der Waals surface area contributed by atoms with E-state index in [-0.39, 0.29) is 5.78 Å². The lowest BCUT2D eigenvalue weighted by atomic mass is 9.76. The molecule has 1 atom stereocenters. The summed E-state index contributed by atoms with van der Waals surface area (Å²) in [6.45, 7) is 7.30. The van der Waals surface area contributed by atoms with Crippen LogP contribution in [0.2, 0.25) is 0 Å². The predicted octanol–water partition coefficient (Wildman–Crippen LogP) is 3.11. The van der Waals surface area contributed by atoms with Crippen molar-refractivity contribution in [1.29, 1.82) is 0 Å². The molecule has 1 nitrogen and oxygen atoms in total. The maximum Gasteiger partial charge on any atom is 0.140 e. The Morgan fingerprint density at radius 3 is 2.43 bits per heavy atom. The first-order chi connectivity index (χ1) is 6.61. The number of carbonyl (C=O) groups excluding carboxylic acids is 1. The third kappa shape index (κ3) is 1.92. The van der Waals surface area contributed by atoms with Crippen molar-refractivity contribution in [3.05, 3.63) is 48.6 Å². The maximum atomic E-state index is 11.6. The highest BCUT2D eigenvalue weighted by Crippen LogP contribution is 2.28. The normalized spacial score (nSPS) is 14.4. The van der Waals surface area contributed by atoms with Gasteiger partial charge in [-0.25, -0.2) is 0 Å². The van der Waals surface area contributed by atoms with Crippen molar-refractivity contribution in [1.82, 2.24) is 0 Å². The van der Waals surface area contributed by atoms with Gasteiger partial charge in [-0.3, -0.25) is 4.79 Å². The van der Waals surface area contributed by atoms with E-state index < -0.39 is 5.41 Å². The fourth-order valence-electron chi connectivity index (χ4n) is 1.56. The van der Waals surface area contributed by atoms with Crippen molar-refractivity contribution in [2.75, 3.05) is 0 Å². The first-order valence-corrected chi connectivity index (χ1v) is 4.78. The van der Waals surface area contributed by atoms with Gasteiger partial charge in [-0.2, -0.15) is 0 Å². The molecule has 0 unspecified atom stereocenters. The molecular weight excluding hydrogens is 172 g/mol. The van der Waals surface area contributed by atoms with E-state index in [2.05, 4.69) is 6.58 Å². The molecule has 1 rings (SSSR count). The summed E-state index contributed by atoms with van der Waals surface area (Å²) in [4.78, 5) is 11.6. The highest BCUT2D eigenvalue weighted by molar-refractivity contribution is 5.87. The first-order valence-electron chi connectivity index (χ1n) is 4.78. The summed E-state index contributed by atoms with van der Waals surface area (Å²) in [5.41, 5.74) is 0.649. The standard InChI is InChI=1S/C13H16O/c1-4-10-13(3,11(2)14)12-8-6-5-7-9-12/h4-9H,1,10H2,2-3H3/t13-/m0/s1. The van der Waals surface area contributed by atoms with E-state index in [4.69, 9.17) is 0 Å². The van der Waals surface area contributed by atoms with Gasteiger partial charge in [0.2, 0.25) is 0 Å². The average Bonchev–Trinajstić information content (AvgIpc) is 2.19. The highest BCUT2D eigenvalue weighted by atomic mass is 16.1. The lowest BCUT2D eigenvalue weighted by Crippen LogP contribution is -2.29. The number of benzene rings is 1. The molecular formula is C13H16O. The van der Waals surface area contributed by atoms with Crippen LogP contribution in [0.15, 0.2) is 43.0 Å². The van der Waals surface area contributed by atoms with E-state index in [1.54, 1.807) is 13.0 Å². The van der Waals surface area contributed by atoms with Gasteiger partial charge >= 0.3 is 0 Å². The monoisotopic (exact) mass is 188 g/mol. The van der Waals surface area contributed by atoms with E-state index in [0.29, 0.717) is 6.42 Å². The highest BCUT2D eigenvalue weighted by Gasteiger charge is 2.29. The summed E-state index contributed by atoms with van der Waals surface area (Å²) in [5.74, 6) is 0.184. The summed E-state index contributed by atoms with van der Waals surface area (Å²) < 4.78 is 0. The van der Waals surface area contributed by atoms with Gasteiger partial charge in [-0.1, -0.05) is 36.4 Å². The zero-order valence-corrected chi connectivity index (χ0v) is 8.79. The minimum Gasteiger partial charge on any atom is -0.299 e. The van der Waals surface area contributed by atoms with Gasteiger partial charge in [0.1, 0.15) is 5.78 Å².